The number of nitrogens with one attached hydrogen (secondary N) is 1. The molecule has 1 saturated heterocycles. The normalized spacial score (nSPS) is 19.5. The Balaban J connectivity index is 1.82. The minimum atomic E-state index is 0.814. The number of anilines is 1. The molecular weight excluding hydrogens is 186 g/mol. The lowest BCUT2D eigenvalue weighted by Crippen LogP contribution is -2.35. The largest absolute Gasteiger partial charge is 0.343 e. The number of para-hydroxylation sites is 1. The van der Waals surface area contributed by atoms with Crippen LogP contribution in [-0.4, -0.2) is 23.9 Å². The van der Waals surface area contributed by atoms with E-state index in [1.807, 2.05) is 0 Å². The molecule has 0 aromatic heterocycles. The Morgan fingerprint density at radius 2 is 1.93 bits per heavy atom. The van der Waals surface area contributed by atoms with Gasteiger partial charge in [0.1, 0.15) is 0 Å². The average molecular weight is 201 g/mol. The van der Waals surface area contributed by atoms with E-state index < -0.39 is 0 Å². The molecule has 0 radical (unpaired) electrons. The number of aliphatic imine (C=N–C) groups is 1. The zero-order valence-corrected chi connectivity index (χ0v) is 8.74. The molecule has 1 N–H and O–H groups in total. The number of benzene rings is 1. The smallest absolute Gasteiger partial charge is 0.198 e. The fourth-order valence-corrected chi connectivity index (χ4v) is 2.21. The maximum Gasteiger partial charge on any atom is 0.198 e. The van der Waals surface area contributed by atoms with Crippen LogP contribution in [-0.2, 0) is 6.54 Å². The van der Waals surface area contributed by atoms with Gasteiger partial charge in [0.15, 0.2) is 5.96 Å². The second kappa shape index (κ2) is 3.57. The van der Waals surface area contributed by atoms with Crippen LogP contribution in [0, 0.1) is 0 Å². The molecule has 1 aromatic carbocycles. The zero-order chi connectivity index (χ0) is 10.1. The Morgan fingerprint density at radius 1 is 1.13 bits per heavy atom. The average Bonchev–Trinajstić information content (AvgIpc) is 2.82. The third-order valence-corrected chi connectivity index (χ3v) is 3.07. The second-order valence-electron chi connectivity index (χ2n) is 4.12. The highest BCUT2D eigenvalue weighted by Crippen LogP contribution is 2.21. The predicted molar refractivity (Wildman–Crippen MR) is 62.0 cm³/mol. The molecule has 3 heteroatoms. The molecule has 1 aromatic rings. The van der Waals surface area contributed by atoms with Gasteiger partial charge in [-0.3, -0.25) is 0 Å². The Hall–Kier alpha value is -1.51. The lowest BCUT2D eigenvalue weighted by molar-refractivity contribution is 0.513. The van der Waals surface area contributed by atoms with Crippen molar-refractivity contribution >= 4 is 11.6 Å². The quantitative estimate of drug-likeness (QED) is 0.695. The van der Waals surface area contributed by atoms with Crippen LogP contribution < -0.4 is 5.32 Å². The van der Waals surface area contributed by atoms with Crippen molar-refractivity contribution in [2.24, 2.45) is 4.99 Å². The fourth-order valence-electron chi connectivity index (χ4n) is 2.21. The Labute approximate surface area is 89.8 Å². The summed E-state index contributed by atoms with van der Waals surface area (Å²) < 4.78 is 0. The number of rotatable bonds is 0. The van der Waals surface area contributed by atoms with Gasteiger partial charge in [-0.15, -0.1) is 0 Å². The van der Waals surface area contributed by atoms with E-state index in [0.29, 0.717) is 0 Å². The number of nitrogens with zero attached hydrogens (tertiary/aromatic N) is 2. The molecule has 0 amide bonds. The zero-order valence-electron chi connectivity index (χ0n) is 8.74. The van der Waals surface area contributed by atoms with E-state index >= 15 is 0 Å². The molecular formula is C12H15N3. The number of hydrogen-bond donors (Lipinski definition) is 1. The van der Waals surface area contributed by atoms with E-state index in [-0.39, 0.29) is 0 Å². The first-order chi connectivity index (χ1) is 7.43. The van der Waals surface area contributed by atoms with Crippen LogP contribution in [0.25, 0.3) is 0 Å². The third kappa shape index (κ3) is 1.58. The molecule has 2 aliphatic rings. The Kier molecular flexibility index (Phi) is 2.09. The molecule has 0 saturated carbocycles. The van der Waals surface area contributed by atoms with E-state index in [4.69, 9.17) is 0 Å². The van der Waals surface area contributed by atoms with Crippen LogP contribution in [0.4, 0.5) is 5.69 Å². The monoisotopic (exact) mass is 201 g/mol. The van der Waals surface area contributed by atoms with Crippen molar-refractivity contribution in [3.63, 3.8) is 0 Å². The van der Waals surface area contributed by atoms with Crippen LogP contribution in [0.5, 0.6) is 0 Å². The first-order valence-electron chi connectivity index (χ1n) is 5.58. The maximum absolute atomic E-state index is 4.58. The summed E-state index contributed by atoms with van der Waals surface area (Å²) >= 11 is 0. The standard InChI is InChI=1S/C12H15N3/c1-2-6-11-10(5-1)9-13-12(14-11)15-7-3-4-8-15/h1-2,5-6H,3-4,7-9H2,(H,13,14). The Bertz CT molecular complexity index is 392. The SMILES string of the molecule is c1ccc2c(c1)CN=C(N1CCCC1)N2. The first-order valence-corrected chi connectivity index (χ1v) is 5.58. The first kappa shape index (κ1) is 8.77. The Morgan fingerprint density at radius 3 is 2.80 bits per heavy atom. The lowest BCUT2D eigenvalue weighted by atomic mass is 10.1. The van der Waals surface area contributed by atoms with Crippen molar-refractivity contribution < 1.29 is 0 Å². The molecule has 1 fully saturated rings. The van der Waals surface area contributed by atoms with E-state index in [9.17, 15) is 0 Å². The minimum Gasteiger partial charge on any atom is -0.343 e. The number of likely N-dealkylation sites (tertiary alicyclic amines) is 1. The summed E-state index contributed by atoms with van der Waals surface area (Å²) in [5.74, 6) is 1.06. The molecule has 2 aliphatic heterocycles. The van der Waals surface area contributed by atoms with E-state index in [1.165, 1.54) is 24.1 Å². The summed E-state index contributed by atoms with van der Waals surface area (Å²) in [7, 11) is 0. The molecule has 3 rings (SSSR count). The van der Waals surface area contributed by atoms with Gasteiger partial charge in [0.25, 0.3) is 0 Å². The maximum atomic E-state index is 4.58. The molecule has 0 atom stereocenters. The summed E-state index contributed by atoms with van der Waals surface area (Å²) in [5, 5.41) is 3.41. The van der Waals surface area contributed by atoms with Gasteiger partial charge in [0.2, 0.25) is 0 Å². The highest BCUT2D eigenvalue weighted by molar-refractivity contribution is 5.95. The fraction of sp³-hybridized carbons (Fsp3) is 0.417. The molecule has 0 spiro atoms. The van der Waals surface area contributed by atoms with Gasteiger partial charge >= 0.3 is 0 Å². The molecule has 0 bridgehead atoms. The van der Waals surface area contributed by atoms with Crippen molar-refractivity contribution in [2.45, 2.75) is 19.4 Å². The van der Waals surface area contributed by atoms with Crippen LogP contribution in [0.2, 0.25) is 0 Å². The minimum absolute atomic E-state index is 0.814. The third-order valence-electron chi connectivity index (χ3n) is 3.07. The predicted octanol–water partition coefficient (Wildman–Crippen LogP) is 2.06. The van der Waals surface area contributed by atoms with E-state index in [2.05, 4.69) is 39.5 Å². The number of fused-ring (bicyclic) bond motifs is 1. The molecule has 2 heterocycles. The molecule has 78 valence electrons. The van der Waals surface area contributed by atoms with Crippen LogP contribution in [0.1, 0.15) is 18.4 Å². The summed E-state index contributed by atoms with van der Waals surface area (Å²) in [6, 6.07) is 8.39. The van der Waals surface area contributed by atoms with Gasteiger partial charge in [-0.05, 0) is 24.5 Å². The van der Waals surface area contributed by atoms with Crippen molar-refractivity contribution in [2.75, 3.05) is 18.4 Å². The number of hydrogen-bond acceptors (Lipinski definition) is 3. The summed E-state index contributed by atoms with van der Waals surface area (Å²) in [6.45, 7) is 3.11. The summed E-state index contributed by atoms with van der Waals surface area (Å²) in [5.41, 5.74) is 2.51. The van der Waals surface area contributed by atoms with Crippen molar-refractivity contribution in [1.82, 2.24) is 4.90 Å². The number of guanidine groups is 1. The lowest BCUT2D eigenvalue weighted by Gasteiger charge is -2.25. The van der Waals surface area contributed by atoms with Crippen LogP contribution >= 0.6 is 0 Å². The van der Waals surface area contributed by atoms with Crippen LogP contribution in [0.15, 0.2) is 29.3 Å². The highest BCUT2D eigenvalue weighted by atomic mass is 15.3. The molecule has 3 nitrogen and oxygen atoms in total. The topological polar surface area (TPSA) is 27.6 Å². The summed E-state index contributed by atoms with van der Waals surface area (Å²) in [6.07, 6.45) is 2.59. The van der Waals surface area contributed by atoms with Crippen LogP contribution in [0.3, 0.4) is 0 Å². The molecule has 0 aliphatic carbocycles. The van der Waals surface area contributed by atoms with E-state index in [0.717, 1.165) is 25.6 Å². The van der Waals surface area contributed by atoms with Gasteiger partial charge in [0.05, 0.1) is 6.54 Å². The summed E-state index contributed by atoms with van der Waals surface area (Å²) in [4.78, 5) is 6.93. The van der Waals surface area contributed by atoms with Crippen molar-refractivity contribution in [3.8, 4) is 0 Å². The highest BCUT2D eigenvalue weighted by Gasteiger charge is 2.19. The van der Waals surface area contributed by atoms with E-state index in [1.54, 1.807) is 0 Å². The van der Waals surface area contributed by atoms with Crippen molar-refractivity contribution in [1.29, 1.82) is 0 Å². The van der Waals surface area contributed by atoms with Gasteiger partial charge < -0.3 is 10.2 Å². The second-order valence-corrected chi connectivity index (χ2v) is 4.12. The molecule has 0 unspecified atom stereocenters. The van der Waals surface area contributed by atoms with Gasteiger partial charge in [-0.1, -0.05) is 18.2 Å². The molecule has 15 heavy (non-hydrogen) atoms. The van der Waals surface area contributed by atoms with Gasteiger partial charge in [-0.25, -0.2) is 4.99 Å². The van der Waals surface area contributed by atoms with Gasteiger partial charge in [-0.2, -0.15) is 0 Å². The van der Waals surface area contributed by atoms with Gasteiger partial charge in [0, 0.05) is 18.8 Å². The van der Waals surface area contributed by atoms with Crippen molar-refractivity contribution in [3.05, 3.63) is 29.8 Å².